The second kappa shape index (κ2) is 6.01. The van der Waals surface area contributed by atoms with Gasteiger partial charge in [0.2, 0.25) is 0 Å². The molecule has 98 valence electrons. The number of carboxylic acids is 1. The topological polar surface area (TPSA) is 49.3 Å². The Balaban J connectivity index is 1.93. The fourth-order valence-electron chi connectivity index (χ4n) is 2.68. The fourth-order valence-corrected chi connectivity index (χ4v) is 2.68. The number of hydrogen-bond donors (Lipinski definition) is 2. The van der Waals surface area contributed by atoms with Crippen LogP contribution < -0.4 is 5.32 Å². The Hall–Kier alpha value is -1.35. The normalized spacial score (nSPS) is 23.8. The third-order valence-corrected chi connectivity index (χ3v) is 3.85. The molecule has 1 fully saturated rings. The van der Waals surface area contributed by atoms with Crippen LogP contribution in [0.5, 0.6) is 0 Å². The fraction of sp³-hybridized carbons (Fsp3) is 0.533. The average Bonchev–Trinajstić information content (AvgIpc) is 2.38. The molecule has 1 aliphatic carbocycles. The van der Waals surface area contributed by atoms with E-state index in [1.165, 1.54) is 25.7 Å². The van der Waals surface area contributed by atoms with E-state index >= 15 is 0 Å². The van der Waals surface area contributed by atoms with Gasteiger partial charge in [-0.15, -0.1) is 0 Å². The van der Waals surface area contributed by atoms with Crippen LogP contribution in [0.15, 0.2) is 24.3 Å². The molecule has 0 heterocycles. The molecule has 0 aromatic heterocycles. The van der Waals surface area contributed by atoms with Crippen LogP contribution in [0.1, 0.15) is 48.5 Å². The van der Waals surface area contributed by atoms with Crippen LogP contribution in [0.4, 0.5) is 0 Å². The molecule has 3 nitrogen and oxygen atoms in total. The van der Waals surface area contributed by atoms with Gasteiger partial charge in [0.05, 0.1) is 5.56 Å². The lowest BCUT2D eigenvalue weighted by Gasteiger charge is -2.29. The largest absolute Gasteiger partial charge is 0.478 e. The van der Waals surface area contributed by atoms with Crippen molar-refractivity contribution >= 4 is 5.97 Å². The molecule has 0 saturated heterocycles. The molecule has 2 rings (SSSR count). The van der Waals surface area contributed by atoms with Gasteiger partial charge in [-0.2, -0.15) is 0 Å². The summed E-state index contributed by atoms with van der Waals surface area (Å²) in [5.74, 6) is -0.135. The molecular weight excluding hydrogens is 226 g/mol. The summed E-state index contributed by atoms with van der Waals surface area (Å²) in [6, 6.07) is 7.75. The van der Waals surface area contributed by atoms with Crippen LogP contribution in [-0.4, -0.2) is 17.1 Å². The van der Waals surface area contributed by atoms with Gasteiger partial charge in [-0.05, 0) is 36.5 Å². The minimum atomic E-state index is -0.858. The molecule has 1 aliphatic rings. The monoisotopic (exact) mass is 247 g/mol. The van der Waals surface area contributed by atoms with E-state index in [2.05, 4.69) is 12.2 Å². The van der Waals surface area contributed by atoms with Crippen molar-refractivity contribution in [2.45, 2.75) is 45.2 Å². The van der Waals surface area contributed by atoms with Crippen molar-refractivity contribution in [3.8, 4) is 0 Å². The molecule has 0 amide bonds. The molecule has 3 heteroatoms. The summed E-state index contributed by atoms with van der Waals surface area (Å²) in [5.41, 5.74) is 1.42. The van der Waals surface area contributed by atoms with Crippen molar-refractivity contribution in [3.05, 3.63) is 35.4 Å². The summed E-state index contributed by atoms with van der Waals surface area (Å²) in [6.07, 6.45) is 5.18. The van der Waals surface area contributed by atoms with Crippen molar-refractivity contribution in [2.75, 3.05) is 0 Å². The predicted molar refractivity (Wildman–Crippen MR) is 71.7 cm³/mol. The zero-order chi connectivity index (χ0) is 13.0. The molecule has 0 spiro atoms. The molecule has 2 N–H and O–H groups in total. The van der Waals surface area contributed by atoms with E-state index in [9.17, 15) is 4.79 Å². The van der Waals surface area contributed by atoms with E-state index in [-0.39, 0.29) is 0 Å². The summed E-state index contributed by atoms with van der Waals surface area (Å²) >= 11 is 0. The number of hydrogen-bond acceptors (Lipinski definition) is 2. The third-order valence-electron chi connectivity index (χ3n) is 3.85. The highest BCUT2D eigenvalue weighted by Gasteiger charge is 2.20. The molecule has 0 bridgehead atoms. The van der Waals surface area contributed by atoms with E-state index in [1.54, 1.807) is 12.1 Å². The summed E-state index contributed by atoms with van der Waals surface area (Å²) in [7, 11) is 0. The molecule has 2 unspecified atom stereocenters. The van der Waals surface area contributed by atoms with Crippen LogP contribution in [0.2, 0.25) is 0 Å². The van der Waals surface area contributed by atoms with Crippen molar-refractivity contribution in [1.29, 1.82) is 0 Å². The molecule has 1 saturated carbocycles. The van der Waals surface area contributed by atoms with E-state index in [4.69, 9.17) is 5.11 Å². The van der Waals surface area contributed by atoms with Gasteiger partial charge in [-0.25, -0.2) is 4.79 Å². The SMILES string of the molecule is CC1CCCCC1NCc1cccc(C(=O)O)c1. The first-order valence-corrected chi connectivity index (χ1v) is 6.72. The average molecular weight is 247 g/mol. The van der Waals surface area contributed by atoms with Gasteiger partial charge in [0, 0.05) is 12.6 Å². The van der Waals surface area contributed by atoms with Crippen LogP contribution in [0, 0.1) is 5.92 Å². The van der Waals surface area contributed by atoms with Crippen molar-refractivity contribution in [3.63, 3.8) is 0 Å². The predicted octanol–water partition coefficient (Wildman–Crippen LogP) is 3.05. The number of nitrogens with one attached hydrogen (secondary N) is 1. The summed E-state index contributed by atoms with van der Waals surface area (Å²) < 4.78 is 0. The highest BCUT2D eigenvalue weighted by atomic mass is 16.4. The number of rotatable bonds is 4. The first-order valence-electron chi connectivity index (χ1n) is 6.72. The minimum absolute atomic E-state index is 0.367. The lowest BCUT2D eigenvalue weighted by atomic mass is 9.86. The molecule has 0 radical (unpaired) electrons. The Kier molecular flexibility index (Phi) is 4.37. The number of aromatic carboxylic acids is 1. The van der Waals surface area contributed by atoms with Crippen LogP contribution in [0.25, 0.3) is 0 Å². The van der Waals surface area contributed by atoms with Gasteiger partial charge >= 0.3 is 5.97 Å². The zero-order valence-corrected chi connectivity index (χ0v) is 10.9. The maximum atomic E-state index is 10.9. The Labute approximate surface area is 108 Å². The highest BCUT2D eigenvalue weighted by Crippen LogP contribution is 2.24. The van der Waals surface area contributed by atoms with Crippen LogP contribution >= 0.6 is 0 Å². The van der Waals surface area contributed by atoms with E-state index < -0.39 is 5.97 Å². The summed E-state index contributed by atoms with van der Waals surface area (Å²) in [6.45, 7) is 3.06. The number of carboxylic acid groups (broad SMARTS) is 1. The summed E-state index contributed by atoms with van der Waals surface area (Å²) in [5, 5.41) is 12.5. The van der Waals surface area contributed by atoms with Gasteiger partial charge in [0.15, 0.2) is 0 Å². The van der Waals surface area contributed by atoms with Gasteiger partial charge < -0.3 is 10.4 Å². The number of benzene rings is 1. The lowest BCUT2D eigenvalue weighted by molar-refractivity contribution is 0.0696. The minimum Gasteiger partial charge on any atom is -0.478 e. The Morgan fingerprint density at radius 1 is 1.39 bits per heavy atom. The van der Waals surface area contributed by atoms with Gasteiger partial charge in [-0.1, -0.05) is 31.9 Å². The van der Waals surface area contributed by atoms with Gasteiger partial charge in [0.25, 0.3) is 0 Å². The van der Waals surface area contributed by atoms with Crippen molar-refractivity contribution < 1.29 is 9.90 Å². The zero-order valence-electron chi connectivity index (χ0n) is 10.9. The highest BCUT2D eigenvalue weighted by molar-refractivity contribution is 5.87. The van der Waals surface area contributed by atoms with Gasteiger partial charge in [0.1, 0.15) is 0 Å². The second-order valence-corrected chi connectivity index (χ2v) is 5.25. The van der Waals surface area contributed by atoms with Crippen molar-refractivity contribution in [2.24, 2.45) is 5.92 Å². The first-order chi connectivity index (χ1) is 8.66. The van der Waals surface area contributed by atoms with E-state index in [1.807, 2.05) is 12.1 Å². The Morgan fingerprint density at radius 3 is 2.89 bits per heavy atom. The maximum absolute atomic E-state index is 10.9. The molecule has 1 aromatic carbocycles. The van der Waals surface area contributed by atoms with E-state index in [0.717, 1.165) is 18.0 Å². The lowest BCUT2D eigenvalue weighted by Crippen LogP contribution is -2.36. The van der Waals surface area contributed by atoms with Gasteiger partial charge in [-0.3, -0.25) is 0 Å². The Bertz CT molecular complexity index is 417. The standard InChI is InChI=1S/C15H21NO2/c1-11-5-2-3-8-14(11)16-10-12-6-4-7-13(9-12)15(17)18/h4,6-7,9,11,14,16H,2-3,5,8,10H2,1H3,(H,17,18). The number of carbonyl (C=O) groups is 1. The smallest absolute Gasteiger partial charge is 0.335 e. The van der Waals surface area contributed by atoms with E-state index in [0.29, 0.717) is 11.6 Å². The van der Waals surface area contributed by atoms with Crippen molar-refractivity contribution in [1.82, 2.24) is 5.32 Å². The second-order valence-electron chi connectivity index (χ2n) is 5.25. The first kappa shape index (κ1) is 13.1. The van der Waals surface area contributed by atoms with Crippen LogP contribution in [0.3, 0.4) is 0 Å². The molecule has 1 aromatic rings. The summed E-state index contributed by atoms with van der Waals surface area (Å²) in [4.78, 5) is 10.9. The third kappa shape index (κ3) is 3.33. The molecule has 18 heavy (non-hydrogen) atoms. The molecule has 2 atom stereocenters. The maximum Gasteiger partial charge on any atom is 0.335 e. The molecular formula is C15H21NO2. The Morgan fingerprint density at radius 2 is 2.17 bits per heavy atom. The van der Waals surface area contributed by atoms with Crippen LogP contribution in [-0.2, 0) is 6.54 Å². The molecule has 0 aliphatic heterocycles. The quantitative estimate of drug-likeness (QED) is 0.859.